The summed E-state index contributed by atoms with van der Waals surface area (Å²) in [7, 11) is 1.99. The SMILES string of the molecule is Cc1ncc(-c2ccc3cnc(CC(=O)C4(F)CCN(CC(C)(C)C)CC4)cc3c2)n1C. The van der Waals surface area contributed by atoms with Crippen molar-refractivity contribution in [2.24, 2.45) is 12.5 Å². The van der Waals surface area contributed by atoms with Crippen molar-refractivity contribution in [1.29, 1.82) is 0 Å². The molecule has 32 heavy (non-hydrogen) atoms. The van der Waals surface area contributed by atoms with Crippen LogP contribution in [0.25, 0.3) is 22.0 Å². The molecule has 0 aliphatic carbocycles. The largest absolute Gasteiger partial charge is 0.331 e. The molecule has 1 aliphatic heterocycles. The highest BCUT2D eigenvalue weighted by Crippen LogP contribution is 2.31. The first-order chi connectivity index (χ1) is 15.0. The number of Topliss-reactive ketones (excluding diaryl/α,β-unsaturated/α-hetero) is 1. The number of imidazole rings is 1. The molecular weight excluding hydrogens is 403 g/mol. The van der Waals surface area contributed by atoms with E-state index in [4.69, 9.17) is 0 Å². The Hall–Kier alpha value is -2.60. The molecule has 0 radical (unpaired) electrons. The summed E-state index contributed by atoms with van der Waals surface area (Å²) in [6, 6.07) is 8.07. The quantitative estimate of drug-likeness (QED) is 0.571. The molecule has 170 valence electrons. The van der Waals surface area contributed by atoms with E-state index in [0.717, 1.165) is 34.4 Å². The Morgan fingerprint density at radius 2 is 1.81 bits per heavy atom. The van der Waals surface area contributed by atoms with E-state index in [0.29, 0.717) is 18.8 Å². The van der Waals surface area contributed by atoms with Gasteiger partial charge in [-0.05, 0) is 29.9 Å². The third-order valence-corrected chi connectivity index (χ3v) is 6.48. The van der Waals surface area contributed by atoms with Crippen LogP contribution in [-0.2, 0) is 18.3 Å². The number of ketones is 1. The summed E-state index contributed by atoms with van der Waals surface area (Å²) < 4.78 is 17.5. The number of piperidine rings is 1. The van der Waals surface area contributed by atoms with Gasteiger partial charge in [0.25, 0.3) is 0 Å². The number of alkyl halides is 1. The van der Waals surface area contributed by atoms with Gasteiger partial charge in [0.05, 0.1) is 18.3 Å². The second-order valence-electron chi connectivity index (χ2n) is 10.4. The second-order valence-corrected chi connectivity index (χ2v) is 10.4. The topological polar surface area (TPSA) is 51.0 Å². The molecule has 3 heterocycles. The van der Waals surface area contributed by atoms with Crippen molar-refractivity contribution in [1.82, 2.24) is 19.4 Å². The molecule has 0 spiro atoms. The number of nitrogens with zero attached hydrogens (tertiary/aromatic N) is 4. The van der Waals surface area contributed by atoms with Gasteiger partial charge in [0.15, 0.2) is 11.5 Å². The number of benzene rings is 1. The number of fused-ring (bicyclic) bond motifs is 1. The van der Waals surface area contributed by atoms with Crippen LogP contribution < -0.4 is 0 Å². The smallest absolute Gasteiger partial charge is 0.175 e. The summed E-state index contributed by atoms with van der Waals surface area (Å²) in [6.07, 6.45) is 4.19. The summed E-state index contributed by atoms with van der Waals surface area (Å²) in [4.78, 5) is 24.0. The first-order valence-electron chi connectivity index (χ1n) is 11.4. The van der Waals surface area contributed by atoms with Crippen LogP contribution in [-0.4, -0.2) is 50.5 Å². The van der Waals surface area contributed by atoms with Gasteiger partial charge in [-0.25, -0.2) is 9.37 Å². The van der Waals surface area contributed by atoms with Crippen molar-refractivity contribution in [2.45, 2.75) is 52.6 Å². The molecule has 6 heteroatoms. The van der Waals surface area contributed by atoms with Crippen LogP contribution in [0.4, 0.5) is 4.39 Å². The Balaban J connectivity index is 1.49. The van der Waals surface area contributed by atoms with Crippen molar-refractivity contribution in [3.63, 3.8) is 0 Å². The summed E-state index contributed by atoms with van der Waals surface area (Å²) >= 11 is 0. The molecule has 3 aromatic rings. The van der Waals surface area contributed by atoms with Gasteiger partial charge in [0, 0.05) is 62.4 Å². The zero-order chi connectivity index (χ0) is 23.1. The van der Waals surface area contributed by atoms with Crippen LogP contribution in [0.15, 0.2) is 36.7 Å². The van der Waals surface area contributed by atoms with Gasteiger partial charge in [0.1, 0.15) is 5.82 Å². The van der Waals surface area contributed by atoms with Crippen LogP contribution in [0.3, 0.4) is 0 Å². The number of pyridine rings is 1. The molecule has 0 N–H and O–H groups in total. The van der Waals surface area contributed by atoms with E-state index in [1.54, 1.807) is 6.20 Å². The van der Waals surface area contributed by atoms with E-state index in [1.165, 1.54) is 0 Å². The maximum atomic E-state index is 15.5. The third-order valence-electron chi connectivity index (χ3n) is 6.48. The lowest BCUT2D eigenvalue weighted by molar-refractivity contribution is -0.133. The fourth-order valence-electron chi connectivity index (χ4n) is 4.55. The van der Waals surface area contributed by atoms with E-state index < -0.39 is 5.67 Å². The Bertz CT molecular complexity index is 1140. The molecule has 1 aromatic carbocycles. The van der Waals surface area contributed by atoms with Gasteiger partial charge in [-0.1, -0.05) is 32.9 Å². The Kier molecular flexibility index (Phi) is 5.93. The zero-order valence-electron chi connectivity index (χ0n) is 19.8. The summed E-state index contributed by atoms with van der Waals surface area (Å²) in [6.45, 7) is 10.7. The number of carbonyl (C=O) groups is 1. The standard InChI is InChI=1S/C26H33FN4O/c1-18-28-16-23(30(18)5)19-6-7-20-15-29-22(13-21(20)12-19)14-24(32)26(27)8-10-31(11-9-26)17-25(2,3)4/h6-7,12-13,15-16H,8-11,14,17H2,1-5H3. The van der Waals surface area contributed by atoms with Crippen molar-refractivity contribution in [3.05, 3.63) is 48.2 Å². The lowest BCUT2D eigenvalue weighted by atomic mass is 9.85. The van der Waals surface area contributed by atoms with Crippen LogP contribution in [0.1, 0.15) is 45.1 Å². The van der Waals surface area contributed by atoms with Gasteiger partial charge in [-0.15, -0.1) is 0 Å². The molecule has 2 aromatic heterocycles. The van der Waals surface area contributed by atoms with Gasteiger partial charge in [-0.2, -0.15) is 0 Å². The van der Waals surface area contributed by atoms with Crippen LogP contribution in [0.2, 0.25) is 0 Å². The number of hydrogen-bond donors (Lipinski definition) is 0. The van der Waals surface area contributed by atoms with Crippen LogP contribution in [0, 0.1) is 12.3 Å². The number of aromatic nitrogens is 3. The average molecular weight is 437 g/mol. The van der Waals surface area contributed by atoms with E-state index >= 15 is 4.39 Å². The van der Waals surface area contributed by atoms with Crippen molar-refractivity contribution < 1.29 is 9.18 Å². The minimum Gasteiger partial charge on any atom is -0.331 e. The normalized spacial score (nSPS) is 17.1. The van der Waals surface area contributed by atoms with Gasteiger partial charge >= 0.3 is 0 Å². The molecule has 0 atom stereocenters. The Morgan fingerprint density at radius 3 is 2.44 bits per heavy atom. The summed E-state index contributed by atoms with van der Waals surface area (Å²) in [5.41, 5.74) is 1.12. The average Bonchev–Trinajstić information content (AvgIpc) is 3.07. The van der Waals surface area contributed by atoms with Crippen molar-refractivity contribution in [2.75, 3.05) is 19.6 Å². The highest BCUT2D eigenvalue weighted by molar-refractivity contribution is 5.91. The molecule has 0 bridgehead atoms. The Morgan fingerprint density at radius 1 is 1.09 bits per heavy atom. The number of carbonyl (C=O) groups excluding carboxylic acids is 1. The lowest BCUT2D eigenvalue weighted by Crippen LogP contribution is -2.48. The van der Waals surface area contributed by atoms with Crippen LogP contribution in [0.5, 0.6) is 0 Å². The second kappa shape index (κ2) is 8.39. The number of rotatable bonds is 5. The molecule has 0 saturated carbocycles. The molecule has 0 unspecified atom stereocenters. The molecule has 5 nitrogen and oxygen atoms in total. The monoisotopic (exact) mass is 436 g/mol. The lowest BCUT2D eigenvalue weighted by Gasteiger charge is -2.38. The minimum absolute atomic E-state index is 0.0285. The molecule has 4 rings (SSSR count). The highest BCUT2D eigenvalue weighted by Gasteiger charge is 2.41. The fourth-order valence-corrected chi connectivity index (χ4v) is 4.55. The zero-order valence-corrected chi connectivity index (χ0v) is 19.8. The van der Waals surface area contributed by atoms with Gasteiger partial charge in [-0.3, -0.25) is 9.78 Å². The van der Waals surface area contributed by atoms with Gasteiger partial charge < -0.3 is 9.47 Å². The molecule has 1 aliphatic rings. The van der Waals surface area contributed by atoms with E-state index in [9.17, 15) is 4.79 Å². The number of likely N-dealkylation sites (tertiary alicyclic amines) is 1. The van der Waals surface area contributed by atoms with Crippen LogP contribution >= 0.6 is 0 Å². The highest BCUT2D eigenvalue weighted by atomic mass is 19.1. The maximum Gasteiger partial charge on any atom is 0.175 e. The molecule has 1 saturated heterocycles. The van der Waals surface area contributed by atoms with E-state index in [1.807, 2.05) is 42.9 Å². The molecular formula is C26H33FN4O. The Labute approximate surface area is 189 Å². The minimum atomic E-state index is -1.75. The fraction of sp³-hybridized carbons (Fsp3) is 0.500. The van der Waals surface area contributed by atoms with Gasteiger partial charge in [0.2, 0.25) is 0 Å². The van der Waals surface area contributed by atoms with Crippen molar-refractivity contribution >= 4 is 16.6 Å². The molecule has 1 fully saturated rings. The van der Waals surface area contributed by atoms with E-state index in [-0.39, 0.29) is 30.5 Å². The maximum absolute atomic E-state index is 15.5. The van der Waals surface area contributed by atoms with Crippen molar-refractivity contribution in [3.8, 4) is 11.3 Å². The summed E-state index contributed by atoms with van der Waals surface area (Å²) in [5.74, 6) is 0.598. The molecule has 0 amide bonds. The first-order valence-corrected chi connectivity index (χ1v) is 11.4. The number of halogens is 1. The number of hydrogen-bond acceptors (Lipinski definition) is 4. The van der Waals surface area contributed by atoms with E-state index in [2.05, 4.69) is 41.7 Å². The predicted molar refractivity (Wildman–Crippen MR) is 126 cm³/mol. The summed E-state index contributed by atoms with van der Waals surface area (Å²) in [5, 5.41) is 1.99. The third kappa shape index (κ3) is 4.75. The first kappa shape index (κ1) is 22.6. The number of aryl methyl sites for hydroxylation is 1. The predicted octanol–water partition coefficient (Wildman–Crippen LogP) is 4.91.